The standard InChI is InChI=1S/C19H31NO.C11H17N.C9H11NO.C8H14O/c1-3-5-7-14-19(21)15-17-20(4-2)16-10-13-18-11-8-6-9-12-18;1-2-12-10-6-9-11-7-4-3-5-8-11;10-9(11)7-6-8-4-2-1-3-5-8;1-3-5-6-7-8(9)4-2/h6,8-9,11-12H,3-5,7,10,13-17H2,1-2H3;3-5,7-8,12H,2,6,9-10H2,1H3;1-5H,6-7H2,(H2,10,11);4H,2-3,5-7H2,1H3. The van der Waals surface area contributed by atoms with Crippen LogP contribution in [-0.4, -0.2) is 55.1 Å². The van der Waals surface area contributed by atoms with Crippen LogP contribution in [0.1, 0.15) is 121 Å². The smallest absolute Gasteiger partial charge is 0.217 e. The number of hydrogen-bond acceptors (Lipinski definition) is 5. The molecule has 0 aromatic heterocycles. The van der Waals surface area contributed by atoms with Gasteiger partial charge in [0.15, 0.2) is 5.78 Å². The van der Waals surface area contributed by atoms with E-state index in [0.717, 1.165) is 83.2 Å². The Kier molecular flexibility index (Phi) is 33.8. The summed E-state index contributed by atoms with van der Waals surface area (Å²) in [5, 5.41) is 3.32. The predicted molar refractivity (Wildman–Crippen MR) is 227 cm³/mol. The Balaban J connectivity index is 0.000000724. The topological polar surface area (TPSA) is 92.5 Å². The summed E-state index contributed by atoms with van der Waals surface area (Å²) in [7, 11) is 0. The Morgan fingerprint density at radius 3 is 1.55 bits per heavy atom. The molecule has 0 radical (unpaired) electrons. The zero-order valence-electron chi connectivity index (χ0n) is 33.8. The predicted octanol–water partition coefficient (Wildman–Crippen LogP) is 10.1. The zero-order chi connectivity index (χ0) is 39.2. The molecule has 3 N–H and O–H groups in total. The maximum Gasteiger partial charge on any atom is 0.217 e. The first-order valence-electron chi connectivity index (χ1n) is 20.3. The number of rotatable bonds is 25. The van der Waals surface area contributed by atoms with Crippen molar-refractivity contribution < 1.29 is 14.4 Å². The van der Waals surface area contributed by atoms with E-state index in [1.165, 1.54) is 55.7 Å². The van der Waals surface area contributed by atoms with Crippen molar-refractivity contribution in [1.29, 1.82) is 0 Å². The fourth-order valence-electron chi connectivity index (χ4n) is 5.36. The van der Waals surface area contributed by atoms with E-state index in [4.69, 9.17) is 5.73 Å². The Morgan fingerprint density at radius 2 is 1.09 bits per heavy atom. The van der Waals surface area contributed by atoms with Crippen molar-refractivity contribution in [2.75, 3.05) is 32.7 Å². The minimum Gasteiger partial charge on any atom is -0.370 e. The molecule has 0 saturated carbocycles. The van der Waals surface area contributed by atoms with Crippen molar-refractivity contribution in [3.63, 3.8) is 0 Å². The van der Waals surface area contributed by atoms with Gasteiger partial charge in [-0.2, -0.15) is 0 Å². The number of nitrogens with two attached hydrogens (primary N) is 1. The molecule has 0 atom stereocenters. The Bertz CT molecular complexity index is 1280. The largest absolute Gasteiger partial charge is 0.370 e. The van der Waals surface area contributed by atoms with E-state index < -0.39 is 0 Å². The number of carbonyl (C=O) groups is 3. The van der Waals surface area contributed by atoms with E-state index in [9.17, 15) is 14.4 Å². The third-order valence-electron chi connectivity index (χ3n) is 8.67. The number of ketones is 2. The molecule has 0 aliphatic carbocycles. The fourth-order valence-corrected chi connectivity index (χ4v) is 5.36. The molecule has 294 valence electrons. The molecule has 6 nitrogen and oxygen atoms in total. The van der Waals surface area contributed by atoms with Gasteiger partial charge in [0.2, 0.25) is 5.91 Å². The van der Waals surface area contributed by atoms with Gasteiger partial charge in [0.25, 0.3) is 0 Å². The van der Waals surface area contributed by atoms with Gasteiger partial charge in [0, 0.05) is 32.2 Å². The lowest BCUT2D eigenvalue weighted by Gasteiger charge is -2.19. The van der Waals surface area contributed by atoms with E-state index in [1.54, 1.807) is 0 Å². The Hall–Kier alpha value is -3.87. The average molecular weight is 728 g/mol. The molecular formula is C47H73N3O3. The molecule has 0 unspecified atom stereocenters. The maximum absolute atomic E-state index is 11.8. The molecular weight excluding hydrogens is 655 g/mol. The summed E-state index contributed by atoms with van der Waals surface area (Å²) in [4.78, 5) is 35.2. The number of aryl methyl sites for hydroxylation is 3. The summed E-state index contributed by atoms with van der Waals surface area (Å²) in [6, 6.07) is 31.1. The quantitative estimate of drug-likeness (QED) is 0.0670. The number of benzene rings is 3. The van der Waals surface area contributed by atoms with Crippen molar-refractivity contribution in [2.45, 2.75) is 124 Å². The highest BCUT2D eigenvalue weighted by Crippen LogP contribution is 2.07. The van der Waals surface area contributed by atoms with E-state index in [1.807, 2.05) is 30.3 Å². The summed E-state index contributed by atoms with van der Waals surface area (Å²) in [5.41, 5.74) is 9.01. The number of amides is 1. The second-order valence-corrected chi connectivity index (χ2v) is 13.3. The van der Waals surface area contributed by atoms with Crippen LogP contribution in [0.15, 0.2) is 104 Å². The number of primary amides is 1. The number of hydrogen-bond donors (Lipinski definition) is 2. The van der Waals surface area contributed by atoms with Gasteiger partial charge in [-0.25, -0.2) is 0 Å². The van der Waals surface area contributed by atoms with Gasteiger partial charge in [0.1, 0.15) is 5.78 Å². The van der Waals surface area contributed by atoms with E-state index >= 15 is 0 Å². The number of carbonyl (C=O) groups excluding carboxylic acids is 3. The number of nitrogens with one attached hydrogen (secondary N) is 1. The second kappa shape index (κ2) is 36.5. The molecule has 0 bridgehead atoms. The van der Waals surface area contributed by atoms with Crippen LogP contribution in [-0.2, 0) is 33.6 Å². The summed E-state index contributed by atoms with van der Waals surface area (Å²) in [6.07, 6.45) is 16.2. The Labute approximate surface area is 324 Å². The molecule has 0 aliphatic heterocycles. The highest BCUT2D eigenvalue weighted by atomic mass is 16.1. The first-order valence-corrected chi connectivity index (χ1v) is 20.3. The van der Waals surface area contributed by atoms with Gasteiger partial charge < -0.3 is 16.0 Å². The zero-order valence-corrected chi connectivity index (χ0v) is 33.8. The summed E-state index contributed by atoms with van der Waals surface area (Å²) in [5.74, 6) is 0.363. The van der Waals surface area contributed by atoms with Crippen molar-refractivity contribution in [3.8, 4) is 0 Å². The fraction of sp³-hybridized carbons (Fsp3) is 0.511. The number of allylic oxidation sites excluding steroid dienone is 1. The van der Waals surface area contributed by atoms with Crippen molar-refractivity contribution >= 4 is 17.5 Å². The molecule has 0 fully saturated rings. The van der Waals surface area contributed by atoms with E-state index in [-0.39, 0.29) is 11.7 Å². The lowest BCUT2D eigenvalue weighted by molar-refractivity contribution is -0.119. The highest BCUT2D eigenvalue weighted by molar-refractivity contribution is 5.88. The third kappa shape index (κ3) is 32.5. The van der Waals surface area contributed by atoms with Crippen LogP contribution >= 0.6 is 0 Å². The molecule has 0 saturated heterocycles. The summed E-state index contributed by atoms with van der Waals surface area (Å²) >= 11 is 0. The molecule has 3 rings (SSSR count). The monoisotopic (exact) mass is 728 g/mol. The molecule has 0 aliphatic rings. The van der Waals surface area contributed by atoms with Crippen LogP contribution in [0.3, 0.4) is 0 Å². The average Bonchev–Trinajstić information content (AvgIpc) is 3.19. The minimum absolute atomic E-state index is 0.170. The maximum atomic E-state index is 11.8. The van der Waals surface area contributed by atoms with Crippen molar-refractivity contribution in [2.24, 2.45) is 5.73 Å². The molecule has 6 heteroatoms. The van der Waals surface area contributed by atoms with Crippen molar-refractivity contribution in [1.82, 2.24) is 10.2 Å². The van der Waals surface area contributed by atoms with Gasteiger partial charge >= 0.3 is 0 Å². The van der Waals surface area contributed by atoms with Gasteiger partial charge in [-0.15, -0.1) is 0 Å². The first kappa shape index (κ1) is 49.1. The number of nitrogens with zero attached hydrogens (tertiary/aromatic N) is 1. The summed E-state index contributed by atoms with van der Waals surface area (Å²) < 4.78 is 0. The first-order chi connectivity index (χ1) is 25.8. The lowest BCUT2D eigenvalue weighted by Crippen LogP contribution is -2.27. The van der Waals surface area contributed by atoms with Gasteiger partial charge in [-0.3, -0.25) is 14.4 Å². The number of unbranched alkanes of at least 4 members (excludes halogenated alkanes) is 4. The van der Waals surface area contributed by atoms with Crippen LogP contribution < -0.4 is 11.1 Å². The molecule has 1 amide bonds. The van der Waals surface area contributed by atoms with E-state index in [2.05, 4.69) is 105 Å². The summed E-state index contributed by atoms with van der Waals surface area (Å²) in [6.45, 7) is 17.3. The van der Waals surface area contributed by atoms with Crippen LogP contribution in [0.2, 0.25) is 0 Å². The van der Waals surface area contributed by atoms with Gasteiger partial charge in [0.05, 0.1) is 0 Å². The molecule has 0 heterocycles. The molecule has 3 aromatic rings. The van der Waals surface area contributed by atoms with Crippen LogP contribution in [0.4, 0.5) is 0 Å². The van der Waals surface area contributed by atoms with Crippen LogP contribution in [0.5, 0.6) is 0 Å². The lowest BCUT2D eigenvalue weighted by atomic mass is 10.1. The second-order valence-electron chi connectivity index (χ2n) is 13.3. The SMILES string of the molecule is C=CC(=O)CCCCC.CCCCCC(=O)CCN(CC)CCCc1ccccc1.CCNCCCc1ccccc1.NC(=O)CCc1ccccc1. The highest BCUT2D eigenvalue weighted by Gasteiger charge is 2.07. The number of Topliss-reactive ketones (excluding diaryl/α,β-unsaturated/α-hetero) is 1. The van der Waals surface area contributed by atoms with Crippen LogP contribution in [0.25, 0.3) is 0 Å². The van der Waals surface area contributed by atoms with E-state index in [0.29, 0.717) is 18.6 Å². The third-order valence-corrected chi connectivity index (χ3v) is 8.67. The molecule has 3 aromatic carbocycles. The van der Waals surface area contributed by atoms with Gasteiger partial charge in [-0.05, 0) is 93.9 Å². The van der Waals surface area contributed by atoms with Crippen LogP contribution in [0, 0.1) is 0 Å². The molecule has 0 spiro atoms. The normalized spacial score (nSPS) is 10.1. The Morgan fingerprint density at radius 1 is 0.604 bits per heavy atom. The minimum atomic E-state index is -0.242. The van der Waals surface area contributed by atoms with Gasteiger partial charge in [-0.1, -0.05) is 151 Å². The van der Waals surface area contributed by atoms with Crippen molar-refractivity contribution in [3.05, 3.63) is 120 Å². The molecule has 53 heavy (non-hydrogen) atoms.